The molecule has 0 unspecified atom stereocenters. The van der Waals surface area contributed by atoms with E-state index in [-0.39, 0.29) is 36.1 Å². The van der Waals surface area contributed by atoms with Crippen molar-refractivity contribution in [2.75, 3.05) is 58.7 Å². The quantitative estimate of drug-likeness (QED) is 0.0898. The van der Waals surface area contributed by atoms with Crippen LogP contribution in [0, 0.1) is 23.1 Å². The zero-order valence-corrected chi connectivity index (χ0v) is 34.3. The molecule has 2 saturated heterocycles. The van der Waals surface area contributed by atoms with Crippen molar-refractivity contribution in [3.8, 4) is 40.1 Å². The largest absolute Gasteiger partial charge is 0.493 e. The smallest absolute Gasteiger partial charge is 0.319 e. The first kappa shape index (κ1) is 39.2. The average Bonchev–Trinajstić information content (AvgIpc) is 3.67. The van der Waals surface area contributed by atoms with E-state index in [0.717, 1.165) is 19.4 Å². The van der Waals surface area contributed by atoms with Crippen LogP contribution in [0.4, 0.5) is 19.0 Å². The van der Waals surface area contributed by atoms with E-state index < -0.39 is 31.4 Å². The van der Waals surface area contributed by atoms with E-state index >= 15 is 8.78 Å². The minimum Gasteiger partial charge on any atom is -0.493 e. The van der Waals surface area contributed by atoms with E-state index in [2.05, 4.69) is 57.9 Å². The van der Waals surface area contributed by atoms with Crippen LogP contribution in [0.2, 0.25) is 16.6 Å². The summed E-state index contributed by atoms with van der Waals surface area (Å²) in [6.07, 6.45) is 1.94. The Morgan fingerprint density at radius 2 is 1.73 bits per heavy atom. The van der Waals surface area contributed by atoms with Crippen molar-refractivity contribution in [3.05, 3.63) is 47.5 Å². The van der Waals surface area contributed by atoms with Crippen LogP contribution in [0.1, 0.15) is 72.8 Å². The van der Waals surface area contributed by atoms with E-state index in [4.69, 9.17) is 28.9 Å². The van der Waals surface area contributed by atoms with Crippen LogP contribution in [0.3, 0.4) is 0 Å². The molecule has 12 heteroatoms. The summed E-state index contributed by atoms with van der Waals surface area (Å²) in [4.78, 5) is 13.6. The number of rotatable bonds is 10. The van der Waals surface area contributed by atoms with Crippen molar-refractivity contribution >= 4 is 35.6 Å². The van der Waals surface area contributed by atoms with E-state index in [1.807, 2.05) is 11.9 Å². The molecular formula is C43H53F3N4O4Si. The second kappa shape index (κ2) is 15.5. The van der Waals surface area contributed by atoms with Gasteiger partial charge in [0.25, 0.3) is 0 Å². The molecule has 0 radical (unpaired) electrons. The maximum atomic E-state index is 17.6. The number of ether oxygens (including phenoxy) is 4. The lowest BCUT2D eigenvalue weighted by Gasteiger charge is -2.38. The zero-order chi connectivity index (χ0) is 39.2. The molecule has 4 heterocycles. The molecule has 0 bridgehead atoms. The first-order valence-electron chi connectivity index (χ1n) is 19.6. The SMILES string of the molecule is COCOc1cc(-c2cc3c4c(nc(OC[C@@]56CCCN5C[C@H](F)C6)nc4c2F)N(C)CCCO3)c2c(C#C[Si](C(C)C)(C(C)C)C(C)C)c(F)ccc2c1. The van der Waals surface area contributed by atoms with Gasteiger partial charge >= 0.3 is 6.01 Å². The number of methoxy groups -OCH3 is 1. The Hall–Kier alpha value is -4.05. The van der Waals surface area contributed by atoms with Crippen LogP contribution in [-0.4, -0.2) is 88.5 Å². The van der Waals surface area contributed by atoms with Gasteiger partial charge in [-0.15, -0.1) is 5.54 Å². The lowest BCUT2D eigenvalue weighted by atomic mass is 9.92. The summed E-state index contributed by atoms with van der Waals surface area (Å²) in [5.74, 6) is 3.53. The van der Waals surface area contributed by atoms with Crippen molar-refractivity contribution in [2.45, 2.75) is 95.6 Å². The lowest BCUT2D eigenvalue weighted by Crippen LogP contribution is -2.43. The van der Waals surface area contributed by atoms with Gasteiger partial charge in [0.15, 0.2) is 12.6 Å². The monoisotopic (exact) mass is 774 g/mol. The van der Waals surface area contributed by atoms with Gasteiger partial charge in [-0.3, -0.25) is 4.90 Å². The molecule has 2 fully saturated rings. The van der Waals surface area contributed by atoms with Gasteiger partial charge in [-0.1, -0.05) is 53.5 Å². The van der Waals surface area contributed by atoms with Crippen LogP contribution in [0.15, 0.2) is 30.3 Å². The fourth-order valence-corrected chi connectivity index (χ4v) is 14.9. The normalized spacial score (nSPS) is 20.2. The Morgan fingerprint density at radius 3 is 2.45 bits per heavy atom. The molecule has 294 valence electrons. The van der Waals surface area contributed by atoms with Crippen molar-refractivity contribution in [3.63, 3.8) is 0 Å². The molecule has 3 aromatic carbocycles. The van der Waals surface area contributed by atoms with Gasteiger partial charge in [0.05, 0.1) is 23.1 Å². The molecule has 55 heavy (non-hydrogen) atoms. The summed E-state index contributed by atoms with van der Waals surface area (Å²) < 4.78 is 72.3. The van der Waals surface area contributed by atoms with E-state index in [0.29, 0.717) is 88.2 Å². The Kier molecular flexibility index (Phi) is 11.0. The summed E-state index contributed by atoms with van der Waals surface area (Å²) in [5, 5.41) is 1.53. The highest BCUT2D eigenvalue weighted by atomic mass is 28.3. The Balaban J connectivity index is 1.46. The fourth-order valence-electron chi connectivity index (χ4n) is 9.66. The van der Waals surface area contributed by atoms with Gasteiger partial charge < -0.3 is 23.8 Å². The molecule has 3 aliphatic heterocycles. The molecule has 3 aliphatic rings. The number of anilines is 1. The minimum atomic E-state index is -2.28. The highest BCUT2D eigenvalue weighted by molar-refractivity contribution is 6.90. The Bertz CT molecular complexity index is 2130. The number of hydrogen-bond donors (Lipinski definition) is 0. The second-order valence-corrected chi connectivity index (χ2v) is 22.0. The number of aromatic nitrogens is 2. The van der Waals surface area contributed by atoms with Gasteiger partial charge in [-0.05, 0) is 77.6 Å². The molecule has 4 aromatic rings. The topological polar surface area (TPSA) is 69.2 Å². The standard InChI is InChI=1S/C43H53F3N4O4Si/c1-26(2)55(27(3)4,28(5)6)18-13-32-35(45)12-11-29-19-31(54-25-51-8)20-33(37(29)32)34-21-36-38-40(39(34)46)47-42(48-41(38)49(7)15-10-17-52-36)53-24-43-14-9-16-50(43)23-30(44)22-43/h11-12,19-21,26-28,30H,9-10,14-17,22-25H2,1-8H3/t30-,43+/m1/s1. The summed E-state index contributed by atoms with van der Waals surface area (Å²) in [6, 6.07) is 8.26. The highest BCUT2D eigenvalue weighted by Crippen LogP contribution is 2.46. The fraction of sp³-hybridized carbons (Fsp3) is 0.535. The maximum absolute atomic E-state index is 17.6. The summed E-state index contributed by atoms with van der Waals surface area (Å²) >= 11 is 0. The van der Waals surface area contributed by atoms with Gasteiger partial charge in [0, 0.05) is 44.6 Å². The van der Waals surface area contributed by atoms with Crippen LogP contribution >= 0.6 is 0 Å². The van der Waals surface area contributed by atoms with Crippen molar-refractivity contribution in [2.24, 2.45) is 0 Å². The third-order valence-corrected chi connectivity index (χ3v) is 18.6. The Morgan fingerprint density at radius 1 is 0.964 bits per heavy atom. The number of halogens is 3. The predicted octanol–water partition coefficient (Wildman–Crippen LogP) is 9.45. The minimum absolute atomic E-state index is 0.0115. The van der Waals surface area contributed by atoms with Crippen LogP contribution in [-0.2, 0) is 4.74 Å². The molecule has 0 amide bonds. The van der Waals surface area contributed by atoms with Gasteiger partial charge in [0.2, 0.25) is 0 Å². The molecule has 0 saturated carbocycles. The van der Waals surface area contributed by atoms with Crippen LogP contribution in [0.5, 0.6) is 17.5 Å². The molecule has 2 atom stereocenters. The van der Waals surface area contributed by atoms with Crippen molar-refractivity contribution in [1.29, 1.82) is 0 Å². The number of nitrogens with zero attached hydrogens (tertiary/aromatic N) is 4. The Labute approximate surface area is 323 Å². The summed E-state index contributed by atoms with van der Waals surface area (Å²) in [7, 11) is 1.15. The molecule has 0 aliphatic carbocycles. The summed E-state index contributed by atoms with van der Waals surface area (Å²) in [5.41, 5.74) is 5.00. The molecule has 7 rings (SSSR count). The van der Waals surface area contributed by atoms with E-state index in [9.17, 15) is 4.39 Å². The van der Waals surface area contributed by atoms with Gasteiger partial charge in [-0.25, -0.2) is 13.2 Å². The molecule has 0 spiro atoms. The van der Waals surface area contributed by atoms with Crippen molar-refractivity contribution in [1.82, 2.24) is 14.9 Å². The van der Waals surface area contributed by atoms with Crippen molar-refractivity contribution < 1.29 is 32.1 Å². The van der Waals surface area contributed by atoms with Gasteiger partial charge in [-0.2, -0.15) is 9.97 Å². The maximum Gasteiger partial charge on any atom is 0.319 e. The number of benzene rings is 3. The third-order valence-electron chi connectivity index (χ3n) is 12.3. The van der Waals surface area contributed by atoms with Crippen LogP contribution < -0.4 is 19.1 Å². The zero-order valence-electron chi connectivity index (χ0n) is 33.3. The number of hydrogen-bond acceptors (Lipinski definition) is 8. The average molecular weight is 775 g/mol. The second-order valence-electron chi connectivity index (χ2n) is 16.5. The predicted molar refractivity (Wildman–Crippen MR) is 215 cm³/mol. The lowest BCUT2D eigenvalue weighted by molar-refractivity contribution is 0.0512. The molecular weight excluding hydrogens is 722 g/mol. The van der Waals surface area contributed by atoms with E-state index in [1.165, 1.54) is 13.2 Å². The van der Waals surface area contributed by atoms with Gasteiger partial charge in [0.1, 0.15) is 49.5 Å². The molecule has 0 N–H and O–H groups in total. The van der Waals surface area contributed by atoms with Crippen LogP contribution in [0.25, 0.3) is 32.8 Å². The number of alkyl halides is 1. The molecule has 8 nitrogen and oxygen atoms in total. The first-order chi connectivity index (χ1) is 26.3. The van der Waals surface area contributed by atoms with E-state index in [1.54, 1.807) is 24.3 Å². The number of fused-ring (bicyclic) bond motifs is 2. The highest BCUT2D eigenvalue weighted by Gasteiger charge is 2.49. The first-order valence-corrected chi connectivity index (χ1v) is 21.8. The molecule has 1 aromatic heterocycles. The summed E-state index contributed by atoms with van der Waals surface area (Å²) in [6.45, 7) is 15.7. The third kappa shape index (κ3) is 7.01.